The number of nitrogen functional groups attached to an aromatic ring is 1. The molecule has 4 rings (SSSR count). The van der Waals surface area contributed by atoms with Crippen molar-refractivity contribution in [1.82, 2.24) is 5.43 Å². The summed E-state index contributed by atoms with van der Waals surface area (Å²) in [5.41, 5.74) is 9.44. The molecular formula is C24H23N5O7S2. The van der Waals surface area contributed by atoms with Gasteiger partial charge in [-0.2, -0.15) is 27.1 Å². The fourth-order valence-corrected chi connectivity index (χ4v) is 5.20. The molecule has 0 bridgehead atoms. The number of amides is 1. The quantitative estimate of drug-likeness (QED) is 0.146. The van der Waals surface area contributed by atoms with Gasteiger partial charge in [-0.3, -0.25) is 13.9 Å². The predicted molar refractivity (Wildman–Crippen MR) is 141 cm³/mol. The van der Waals surface area contributed by atoms with Crippen molar-refractivity contribution in [3.05, 3.63) is 77.9 Å². The van der Waals surface area contributed by atoms with Gasteiger partial charge in [-0.15, -0.1) is 0 Å². The molecule has 1 amide bonds. The molecule has 0 aliphatic carbocycles. The topological polar surface area (TPSA) is 192 Å². The highest BCUT2D eigenvalue weighted by Crippen LogP contribution is 2.28. The summed E-state index contributed by atoms with van der Waals surface area (Å²) < 4.78 is 66.8. The molecule has 3 aromatic carbocycles. The number of nitrogens with two attached hydrogens (primary N) is 1. The van der Waals surface area contributed by atoms with Crippen molar-refractivity contribution in [2.45, 2.75) is 28.8 Å². The molecule has 198 valence electrons. The summed E-state index contributed by atoms with van der Waals surface area (Å²) in [4.78, 5) is 11.9. The Kier molecular flexibility index (Phi) is 7.44. The third-order valence-corrected chi connectivity index (χ3v) is 7.44. The van der Waals surface area contributed by atoms with E-state index in [9.17, 15) is 30.7 Å². The van der Waals surface area contributed by atoms with E-state index in [0.29, 0.717) is 5.69 Å². The van der Waals surface area contributed by atoms with Gasteiger partial charge in [0.25, 0.3) is 26.1 Å². The van der Waals surface area contributed by atoms with Crippen molar-refractivity contribution in [2.24, 2.45) is 10.2 Å². The monoisotopic (exact) mass is 557 g/mol. The smallest absolute Gasteiger partial charge is 0.295 e. The van der Waals surface area contributed by atoms with Gasteiger partial charge in [0.15, 0.2) is 6.04 Å². The number of nitrogens with zero attached hydrogens (tertiary/aromatic N) is 3. The summed E-state index contributed by atoms with van der Waals surface area (Å²) in [5, 5.41) is 9.48. The minimum absolute atomic E-state index is 0.00629. The zero-order valence-corrected chi connectivity index (χ0v) is 21.5. The Labute approximate surface area is 219 Å². The molecule has 1 heterocycles. The maximum Gasteiger partial charge on any atom is 0.295 e. The van der Waals surface area contributed by atoms with Gasteiger partial charge in [0.05, 0.1) is 17.4 Å². The minimum Gasteiger partial charge on any atom is -0.399 e. The molecule has 2 atom stereocenters. The van der Waals surface area contributed by atoms with Crippen LogP contribution >= 0.6 is 0 Å². The zero-order valence-electron chi connectivity index (χ0n) is 19.8. The van der Waals surface area contributed by atoms with Crippen molar-refractivity contribution in [3.63, 3.8) is 0 Å². The number of para-hydroxylation sites is 1. The van der Waals surface area contributed by atoms with E-state index < -0.39 is 42.1 Å². The summed E-state index contributed by atoms with van der Waals surface area (Å²) in [6, 6.07) is 15.2. The second kappa shape index (κ2) is 10.4. The van der Waals surface area contributed by atoms with Crippen LogP contribution in [0.2, 0.25) is 0 Å². The normalized spacial score (nSPS) is 18.6. The first-order chi connectivity index (χ1) is 17.8. The van der Waals surface area contributed by atoms with E-state index >= 15 is 0 Å². The molecule has 12 nitrogen and oxygen atoms in total. The molecule has 1 saturated heterocycles. The van der Waals surface area contributed by atoms with Crippen LogP contribution in [-0.4, -0.2) is 43.9 Å². The molecule has 1 fully saturated rings. The molecule has 1 aliphatic heterocycles. The Balaban J connectivity index is 1.63. The predicted octanol–water partition coefficient (Wildman–Crippen LogP) is 3.32. The lowest BCUT2D eigenvalue weighted by molar-refractivity contribution is -0.118. The van der Waals surface area contributed by atoms with Gasteiger partial charge in [-0.05, 0) is 54.4 Å². The van der Waals surface area contributed by atoms with Crippen LogP contribution in [0.5, 0.6) is 0 Å². The Morgan fingerprint density at radius 2 is 1.47 bits per heavy atom. The first-order valence-corrected chi connectivity index (χ1v) is 14.0. The highest BCUT2D eigenvalue weighted by atomic mass is 32.2. The number of hydrogen-bond donors (Lipinski definition) is 4. The summed E-state index contributed by atoms with van der Waals surface area (Å²) >= 11 is 0. The lowest BCUT2D eigenvalue weighted by Crippen LogP contribution is -2.36. The molecule has 3 aromatic rings. The van der Waals surface area contributed by atoms with E-state index in [1.165, 1.54) is 41.4 Å². The van der Waals surface area contributed by atoms with Gasteiger partial charge in [-0.1, -0.05) is 42.5 Å². The maximum absolute atomic E-state index is 12.9. The molecule has 5 N–H and O–H groups in total. The summed E-state index contributed by atoms with van der Waals surface area (Å²) in [7, 11) is -9.35. The number of azo groups is 1. The maximum atomic E-state index is 12.9. The third kappa shape index (κ3) is 5.95. The lowest BCUT2D eigenvalue weighted by Gasteiger charge is -2.15. The van der Waals surface area contributed by atoms with Crippen LogP contribution < -0.4 is 16.2 Å². The van der Waals surface area contributed by atoms with Gasteiger partial charge in [0.1, 0.15) is 9.79 Å². The molecule has 2 unspecified atom stereocenters. The standard InChI is InChI=1S/C24H23N5O7S2/c1-15-23(24(30)29(28-15)20-5-3-2-4-6-20)27-26-19-12-10-17(22(14-19)38(34,35)36)8-7-16-9-11-18(25)13-21(16)37(31,32)33/h2-15,23,28H,25H2,1H3,(H,31,32,33)(H,34,35,36). The second-order valence-corrected chi connectivity index (χ2v) is 11.2. The fraction of sp³-hybridized carbons (Fsp3) is 0.125. The van der Waals surface area contributed by atoms with Crippen LogP contribution in [0.3, 0.4) is 0 Å². The average Bonchev–Trinajstić information content (AvgIpc) is 3.14. The van der Waals surface area contributed by atoms with Gasteiger partial charge in [0.2, 0.25) is 0 Å². The van der Waals surface area contributed by atoms with Crippen LogP contribution in [0.1, 0.15) is 18.1 Å². The molecule has 1 aliphatic rings. The largest absolute Gasteiger partial charge is 0.399 e. The van der Waals surface area contributed by atoms with Crippen molar-refractivity contribution in [1.29, 1.82) is 0 Å². The number of hydrogen-bond acceptors (Lipinski definition) is 9. The van der Waals surface area contributed by atoms with Crippen LogP contribution in [0.15, 0.2) is 86.7 Å². The minimum atomic E-state index is -4.74. The number of rotatable bonds is 7. The van der Waals surface area contributed by atoms with Crippen LogP contribution in [-0.2, 0) is 25.0 Å². The lowest BCUT2D eigenvalue weighted by atomic mass is 10.1. The first kappa shape index (κ1) is 27.1. The third-order valence-electron chi connectivity index (χ3n) is 5.62. The summed E-state index contributed by atoms with van der Waals surface area (Å²) in [5.74, 6) is -0.347. The van der Waals surface area contributed by atoms with Gasteiger partial charge in [0, 0.05) is 5.69 Å². The molecule has 0 radical (unpaired) electrons. The summed E-state index contributed by atoms with van der Waals surface area (Å²) in [6.07, 6.45) is 2.49. The highest BCUT2D eigenvalue weighted by Gasteiger charge is 2.38. The number of hydrazine groups is 1. The van der Waals surface area contributed by atoms with Crippen LogP contribution in [0.4, 0.5) is 17.1 Å². The molecule has 0 spiro atoms. The number of carbonyl (C=O) groups is 1. The zero-order chi connectivity index (χ0) is 27.7. The Hall–Kier alpha value is -3.95. The number of anilines is 2. The number of benzene rings is 3. The van der Waals surface area contributed by atoms with E-state index in [1.807, 2.05) is 6.07 Å². The van der Waals surface area contributed by atoms with E-state index in [4.69, 9.17) is 5.73 Å². The molecule has 14 heteroatoms. The van der Waals surface area contributed by atoms with Gasteiger partial charge in [-0.25, -0.2) is 10.4 Å². The number of carbonyl (C=O) groups excluding carboxylic acids is 1. The van der Waals surface area contributed by atoms with Crippen molar-refractivity contribution in [3.8, 4) is 0 Å². The summed E-state index contributed by atoms with van der Waals surface area (Å²) in [6.45, 7) is 1.75. The SMILES string of the molecule is CC1NN(c2ccccc2)C(=O)C1N=Nc1ccc(C=Cc2ccc(N)cc2S(=O)(=O)O)c(S(=O)(=O)O)c1. The molecule has 38 heavy (non-hydrogen) atoms. The average molecular weight is 558 g/mol. The van der Waals surface area contributed by atoms with E-state index in [0.717, 1.165) is 12.1 Å². The van der Waals surface area contributed by atoms with Crippen LogP contribution in [0.25, 0.3) is 12.2 Å². The fourth-order valence-electron chi connectivity index (χ4n) is 3.78. The first-order valence-electron chi connectivity index (χ1n) is 11.1. The Bertz CT molecular complexity index is 1660. The molecule has 0 saturated carbocycles. The van der Waals surface area contributed by atoms with Gasteiger partial charge < -0.3 is 5.73 Å². The van der Waals surface area contributed by atoms with E-state index in [-0.39, 0.29) is 28.4 Å². The van der Waals surface area contributed by atoms with Crippen molar-refractivity contribution in [2.75, 3.05) is 10.7 Å². The van der Waals surface area contributed by atoms with E-state index in [1.54, 1.807) is 31.2 Å². The second-order valence-electron chi connectivity index (χ2n) is 8.39. The highest BCUT2D eigenvalue weighted by molar-refractivity contribution is 7.86. The van der Waals surface area contributed by atoms with Crippen molar-refractivity contribution < 1.29 is 30.7 Å². The van der Waals surface area contributed by atoms with E-state index in [2.05, 4.69) is 15.7 Å². The number of nitrogens with one attached hydrogen (secondary N) is 1. The van der Waals surface area contributed by atoms with Crippen molar-refractivity contribution >= 4 is 55.4 Å². The molecular weight excluding hydrogens is 534 g/mol. The van der Waals surface area contributed by atoms with Crippen LogP contribution in [0, 0.1) is 0 Å². The van der Waals surface area contributed by atoms with Gasteiger partial charge >= 0.3 is 0 Å². The molecule has 0 aromatic heterocycles. The Morgan fingerprint density at radius 3 is 2.08 bits per heavy atom. The Morgan fingerprint density at radius 1 is 0.895 bits per heavy atom.